The molecule has 0 saturated carbocycles. The molecule has 0 saturated heterocycles. The van der Waals surface area contributed by atoms with Crippen LogP contribution < -0.4 is 15.4 Å². The molecule has 0 radical (unpaired) electrons. The van der Waals surface area contributed by atoms with Crippen LogP contribution >= 0.6 is 0 Å². The molecule has 1 aliphatic rings. The molecule has 1 aromatic rings. The second kappa shape index (κ2) is 11.8. The van der Waals surface area contributed by atoms with Crippen molar-refractivity contribution < 1.29 is 8.42 Å². The third-order valence-corrected chi connectivity index (χ3v) is 5.74. The number of hydrogen-bond donors (Lipinski definition) is 3. The normalized spacial score (nSPS) is 15.3. The fourth-order valence-electron chi connectivity index (χ4n) is 2.95. The van der Waals surface area contributed by atoms with Crippen molar-refractivity contribution in [1.82, 2.24) is 15.4 Å². The average Bonchev–Trinajstić information content (AvgIpc) is 2.68. The van der Waals surface area contributed by atoms with Crippen molar-refractivity contribution in [3.8, 4) is 0 Å². The predicted octanol–water partition coefficient (Wildman–Crippen LogP) is 2.55. The van der Waals surface area contributed by atoms with E-state index in [-0.39, 0.29) is 12.3 Å². The van der Waals surface area contributed by atoms with Gasteiger partial charge in [0, 0.05) is 19.6 Å². The Labute approximate surface area is 163 Å². The largest absolute Gasteiger partial charge is 0.357 e. The van der Waals surface area contributed by atoms with Crippen LogP contribution in [0.1, 0.15) is 44.6 Å². The van der Waals surface area contributed by atoms with Gasteiger partial charge in [-0.25, -0.2) is 13.1 Å². The minimum atomic E-state index is -3.35. The molecule has 2 rings (SSSR count). The molecule has 1 aliphatic carbocycles. The van der Waals surface area contributed by atoms with Crippen molar-refractivity contribution in [2.24, 2.45) is 4.99 Å². The maximum atomic E-state index is 12.1. The zero-order valence-electron chi connectivity index (χ0n) is 16.2. The Bertz CT molecular complexity index is 715. The molecule has 6 nitrogen and oxygen atoms in total. The molecule has 27 heavy (non-hydrogen) atoms. The van der Waals surface area contributed by atoms with Crippen molar-refractivity contribution in [3.63, 3.8) is 0 Å². The number of guanidine groups is 1. The van der Waals surface area contributed by atoms with E-state index in [1.165, 1.54) is 31.3 Å². The first-order valence-corrected chi connectivity index (χ1v) is 11.5. The van der Waals surface area contributed by atoms with E-state index >= 15 is 0 Å². The topological polar surface area (TPSA) is 82.6 Å². The van der Waals surface area contributed by atoms with Crippen LogP contribution in [0.15, 0.2) is 47.0 Å². The zero-order valence-corrected chi connectivity index (χ0v) is 17.0. The van der Waals surface area contributed by atoms with Crippen LogP contribution in [0.4, 0.5) is 0 Å². The van der Waals surface area contributed by atoms with E-state index in [1.54, 1.807) is 0 Å². The van der Waals surface area contributed by atoms with Crippen molar-refractivity contribution in [3.05, 3.63) is 47.5 Å². The highest BCUT2D eigenvalue weighted by atomic mass is 32.2. The summed E-state index contributed by atoms with van der Waals surface area (Å²) in [5, 5.41) is 6.46. The monoisotopic (exact) mass is 392 g/mol. The number of hydrogen-bond acceptors (Lipinski definition) is 3. The number of rotatable bonds is 10. The lowest BCUT2D eigenvalue weighted by molar-refractivity contribution is 0.581. The summed E-state index contributed by atoms with van der Waals surface area (Å²) in [5.41, 5.74) is 2.45. The summed E-state index contributed by atoms with van der Waals surface area (Å²) in [4.78, 5) is 4.39. The first-order chi connectivity index (χ1) is 13.1. The standard InChI is InChI=1S/C20H32N4O2S/c1-2-21-20(22-14-13-18-9-5-3-6-10-18)23-15-16-27(25,26)24-17-19-11-7-4-8-12-19/h4,7-9,11-12,24H,2-3,5-6,10,13-17H2,1H3,(H2,21,22,23). The molecule has 1 aromatic carbocycles. The van der Waals surface area contributed by atoms with E-state index in [9.17, 15) is 8.42 Å². The number of allylic oxidation sites excluding steroid dienone is 1. The van der Waals surface area contributed by atoms with Crippen molar-refractivity contribution in [2.45, 2.75) is 45.6 Å². The van der Waals surface area contributed by atoms with Crippen LogP contribution in [-0.2, 0) is 16.6 Å². The van der Waals surface area contributed by atoms with Gasteiger partial charge in [-0.3, -0.25) is 4.99 Å². The van der Waals surface area contributed by atoms with Crippen LogP contribution in [-0.4, -0.2) is 39.8 Å². The predicted molar refractivity (Wildman–Crippen MR) is 112 cm³/mol. The molecular formula is C20H32N4O2S. The maximum Gasteiger partial charge on any atom is 0.213 e. The van der Waals surface area contributed by atoms with E-state index in [1.807, 2.05) is 37.3 Å². The molecule has 0 unspecified atom stereocenters. The fourth-order valence-corrected chi connectivity index (χ4v) is 3.82. The van der Waals surface area contributed by atoms with Crippen molar-refractivity contribution >= 4 is 16.0 Å². The lowest BCUT2D eigenvalue weighted by Crippen LogP contribution is -2.38. The molecule has 0 heterocycles. The molecule has 0 aliphatic heterocycles. The summed E-state index contributed by atoms with van der Waals surface area (Å²) in [6.45, 7) is 4.09. The number of sulfonamides is 1. The number of aliphatic imine (C=N–C) groups is 1. The quantitative estimate of drug-likeness (QED) is 0.325. The third-order valence-electron chi connectivity index (χ3n) is 4.44. The molecule has 0 spiro atoms. The van der Waals surface area contributed by atoms with Crippen LogP contribution in [0.3, 0.4) is 0 Å². The molecule has 7 heteroatoms. The molecular weight excluding hydrogens is 360 g/mol. The first kappa shape index (κ1) is 21.4. The van der Waals surface area contributed by atoms with Crippen LogP contribution in [0.5, 0.6) is 0 Å². The Morgan fingerprint density at radius 3 is 2.67 bits per heavy atom. The lowest BCUT2D eigenvalue weighted by atomic mass is 9.97. The summed E-state index contributed by atoms with van der Waals surface area (Å²) < 4.78 is 26.9. The average molecular weight is 393 g/mol. The molecule has 0 bridgehead atoms. The smallest absolute Gasteiger partial charge is 0.213 e. The Balaban J connectivity index is 1.74. The van der Waals surface area contributed by atoms with Crippen molar-refractivity contribution in [1.29, 1.82) is 0 Å². The van der Waals surface area contributed by atoms with E-state index in [0.29, 0.717) is 12.5 Å². The van der Waals surface area contributed by atoms with Gasteiger partial charge < -0.3 is 10.6 Å². The number of benzene rings is 1. The highest BCUT2D eigenvalue weighted by molar-refractivity contribution is 7.89. The highest BCUT2D eigenvalue weighted by Crippen LogP contribution is 2.19. The summed E-state index contributed by atoms with van der Waals surface area (Å²) in [6, 6.07) is 9.50. The zero-order chi connectivity index (χ0) is 19.4. The first-order valence-electron chi connectivity index (χ1n) is 9.80. The second-order valence-electron chi connectivity index (χ2n) is 6.67. The third kappa shape index (κ3) is 9.06. The van der Waals surface area contributed by atoms with Gasteiger partial charge in [0.1, 0.15) is 0 Å². The number of nitrogens with one attached hydrogen (secondary N) is 3. The Morgan fingerprint density at radius 2 is 1.96 bits per heavy atom. The van der Waals surface area contributed by atoms with Gasteiger partial charge in [0.2, 0.25) is 10.0 Å². The minimum Gasteiger partial charge on any atom is -0.357 e. The molecule has 3 N–H and O–H groups in total. The van der Waals surface area contributed by atoms with Gasteiger partial charge in [-0.2, -0.15) is 0 Å². The van der Waals surface area contributed by atoms with E-state index < -0.39 is 10.0 Å². The second-order valence-corrected chi connectivity index (χ2v) is 8.60. The van der Waals surface area contributed by atoms with E-state index in [0.717, 1.165) is 25.1 Å². The maximum absolute atomic E-state index is 12.1. The van der Waals surface area contributed by atoms with Gasteiger partial charge in [0.15, 0.2) is 5.96 Å². The van der Waals surface area contributed by atoms with Crippen molar-refractivity contribution in [2.75, 3.05) is 25.4 Å². The van der Waals surface area contributed by atoms with Crippen LogP contribution in [0, 0.1) is 0 Å². The Kier molecular flexibility index (Phi) is 9.35. The molecule has 0 amide bonds. The molecule has 0 fully saturated rings. The molecule has 0 aromatic heterocycles. The van der Waals surface area contributed by atoms with Gasteiger partial charge in [-0.1, -0.05) is 42.0 Å². The highest BCUT2D eigenvalue weighted by Gasteiger charge is 2.10. The van der Waals surface area contributed by atoms with Crippen LogP contribution in [0.25, 0.3) is 0 Å². The summed E-state index contributed by atoms with van der Waals surface area (Å²) in [6.07, 6.45) is 8.33. The summed E-state index contributed by atoms with van der Waals surface area (Å²) in [5.74, 6) is 0.647. The van der Waals surface area contributed by atoms with Gasteiger partial charge in [-0.05, 0) is 44.6 Å². The number of nitrogens with zero attached hydrogens (tertiary/aromatic N) is 1. The lowest BCUT2D eigenvalue weighted by Gasteiger charge is -2.15. The van der Waals surface area contributed by atoms with Gasteiger partial charge in [-0.15, -0.1) is 0 Å². The summed E-state index contributed by atoms with van der Waals surface area (Å²) in [7, 11) is -3.35. The fraction of sp³-hybridized carbons (Fsp3) is 0.550. The van der Waals surface area contributed by atoms with Gasteiger partial charge in [0.25, 0.3) is 0 Å². The Morgan fingerprint density at radius 1 is 1.15 bits per heavy atom. The van der Waals surface area contributed by atoms with Gasteiger partial charge in [0.05, 0.1) is 12.3 Å². The summed E-state index contributed by atoms with van der Waals surface area (Å²) >= 11 is 0. The van der Waals surface area contributed by atoms with Crippen LogP contribution in [0.2, 0.25) is 0 Å². The van der Waals surface area contributed by atoms with E-state index in [4.69, 9.17) is 0 Å². The van der Waals surface area contributed by atoms with E-state index in [2.05, 4.69) is 26.4 Å². The SMILES string of the molecule is CCNC(=NCCS(=O)(=O)NCc1ccccc1)NCCC1=CCCCC1. The molecule has 0 atom stereocenters. The van der Waals surface area contributed by atoms with Gasteiger partial charge >= 0.3 is 0 Å². The minimum absolute atomic E-state index is 0.0262. The Hall–Kier alpha value is -1.86. The molecule has 150 valence electrons.